The van der Waals surface area contributed by atoms with Crippen molar-refractivity contribution in [1.82, 2.24) is 15.5 Å². The quantitative estimate of drug-likeness (QED) is 0.506. The van der Waals surface area contributed by atoms with E-state index in [1.54, 1.807) is 0 Å². The minimum Gasteiger partial charge on any atom is -0.491 e. The Labute approximate surface area is 138 Å². The number of anilines is 1. The number of benzene rings is 1. The lowest BCUT2D eigenvalue weighted by molar-refractivity contribution is 0.107. The monoisotopic (exact) mass is 338 g/mol. The minimum atomic E-state index is -0.611. The first-order valence-corrected chi connectivity index (χ1v) is 7.58. The van der Waals surface area contributed by atoms with Crippen LogP contribution in [0.4, 0.5) is 5.69 Å². The number of ether oxygens (including phenoxy) is 1. The van der Waals surface area contributed by atoms with Crippen LogP contribution in [-0.2, 0) is 0 Å². The standard InChI is InChI=1S/C15H19ClN4O3/c16-14-13(9-19-20-15(14)22)18-7-6-17-8-11(21)10-23-12-4-2-1-3-5-12/h1-5,9,11,17,21H,6-8,10H2,(H2,18,20,22). The molecule has 0 aliphatic carbocycles. The van der Waals surface area contributed by atoms with Crippen LogP contribution in [0.2, 0.25) is 5.02 Å². The largest absolute Gasteiger partial charge is 0.491 e. The van der Waals surface area contributed by atoms with Gasteiger partial charge in [-0.25, -0.2) is 5.10 Å². The Kier molecular flexibility index (Phi) is 6.86. The Morgan fingerprint density at radius 2 is 2.09 bits per heavy atom. The van der Waals surface area contributed by atoms with Crippen molar-refractivity contribution >= 4 is 17.3 Å². The molecule has 1 heterocycles. The third-order valence-corrected chi connectivity index (χ3v) is 3.35. The van der Waals surface area contributed by atoms with Crippen molar-refractivity contribution in [3.63, 3.8) is 0 Å². The molecule has 0 aliphatic rings. The number of aromatic nitrogens is 2. The molecule has 1 aromatic heterocycles. The molecule has 2 aromatic rings. The van der Waals surface area contributed by atoms with Gasteiger partial charge in [0.05, 0.1) is 11.9 Å². The van der Waals surface area contributed by atoms with Gasteiger partial charge in [-0.05, 0) is 12.1 Å². The van der Waals surface area contributed by atoms with E-state index in [-0.39, 0.29) is 11.6 Å². The fourth-order valence-electron chi connectivity index (χ4n) is 1.83. The third-order valence-electron chi connectivity index (χ3n) is 2.98. The maximum absolute atomic E-state index is 11.3. The molecule has 0 saturated heterocycles. The number of aliphatic hydroxyl groups excluding tert-OH is 1. The van der Waals surface area contributed by atoms with E-state index in [0.717, 1.165) is 5.75 Å². The molecule has 0 saturated carbocycles. The number of H-pyrrole nitrogens is 1. The van der Waals surface area contributed by atoms with Crippen LogP contribution in [0.5, 0.6) is 5.75 Å². The molecule has 0 radical (unpaired) electrons. The van der Waals surface area contributed by atoms with Crippen LogP contribution in [0.15, 0.2) is 41.3 Å². The molecule has 4 N–H and O–H groups in total. The van der Waals surface area contributed by atoms with Crippen LogP contribution >= 0.6 is 11.6 Å². The van der Waals surface area contributed by atoms with Gasteiger partial charge in [-0.15, -0.1) is 0 Å². The van der Waals surface area contributed by atoms with Gasteiger partial charge >= 0.3 is 0 Å². The van der Waals surface area contributed by atoms with Gasteiger partial charge in [-0.3, -0.25) is 4.79 Å². The van der Waals surface area contributed by atoms with Gasteiger partial charge in [0.15, 0.2) is 0 Å². The molecule has 7 nitrogen and oxygen atoms in total. The zero-order chi connectivity index (χ0) is 16.5. The predicted octanol–water partition coefficient (Wildman–Crippen LogP) is 0.865. The topological polar surface area (TPSA) is 99.3 Å². The average Bonchev–Trinajstić information content (AvgIpc) is 2.57. The normalized spacial score (nSPS) is 11.9. The van der Waals surface area contributed by atoms with Gasteiger partial charge < -0.3 is 20.5 Å². The zero-order valence-corrected chi connectivity index (χ0v) is 13.2. The van der Waals surface area contributed by atoms with Gasteiger partial charge in [-0.1, -0.05) is 29.8 Å². The van der Waals surface area contributed by atoms with Crippen molar-refractivity contribution in [2.75, 3.05) is 31.6 Å². The second kappa shape index (κ2) is 9.14. The van der Waals surface area contributed by atoms with Gasteiger partial charge in [0.2, 0.25) is 0 Å². The van der Waals surface area contributed by atoms with Crippen LogP contribution in [0.1, 0.15) is 0 Å². The predicted molar refractivity (Wildman–Crippen MR) is 89.2 cm³/mol. The molecular weight excluding hydrogens is 320 g/mol. The smallest absolute Gasteiger partial charge is 0.285 e. The fourth-order valence-corrected chi connectivity index (χ4v) is 1.99. The lowest BCUT2D eigenvalue weighted by Gasteiger charge is -2.13. The second-order valence-electron chi connectivity index (χ2n) is 4.84. The highest BCUT2D eigenvalue weighted by molar-refractivity contribution is 6.32. The van der Waals surface area contributed by atoms with E-state index in [0.29, 0.717) is 25.3 Å². The maximum Gasteiger partial charge on any atom is 0.285 e. The van der Waals surface area contributed by atoms with E-state index in [4.69, 9.17) is 16.3 Å². The molecule has 8 heteroatoms. The zero-order valence-electron chi connectivity index (χ0n) is 12.5. The summed E-state index contributed by atoms with van der Waals surface area (Å²) in [5.74, 6) is 0.727. The van der Waals surface area contributed by atoms with Crippen LogP contribution in [-0.4, -0.2) is 47.6 Å². The summed E-state index contributed by atoms with van der Waals surface area (Å²) in [6.45, 7) is 1.74. The number of hydrogen-bond acceptors (Lipinski definition) is 6. The van der Waals surface area contributed by atoms with Crippen molar-refractivity contribution in [1.29, 1.82) is 0 Å². The van der Waals surface area contributed by atoms with Crippen molar-refractivity contribution in [2.45, 2.75) is 6.10 Å². The summed E-state index contributed by atoms with van der Waals surface area (Å²) in [5, 5.41) is 21.9. The minimum absolute atomic E-state index is 0.0799. The summed E-state index contributed by atoms with van der Waals surface area (Å²) in [6, 6.07) is 9.33. The van der Waals surface area contributed by atoms with E-state index < -0.39 is 11.7 Å². The highest BCUT2D eigenvalue weighted by Gasteiger charge is 2.06. The number of aromatic amines is 1. The van der Waals surface area contributed by atoms with E-state index in [2.05, 4.69) is 20.8 Å². The molecule has 2 rings (SSSR count). The molecule has 0 amide bonds. The molecule has 23 heavy (non-hydrogen) atoms. The Bertz CT molecular complexity index is 651. The van der Waals surface area contributed by atoms with Gasteiger partial charge in [0.1, 0.15) is 23.5 Å². The van der Waals surface area contributed by atoms with Crippen LogP contribution in [0, 0.1) is 0 Å². The summed E-state index contributed by atoms with van der Waals surface area (Å²) in [6.07, 6.45) is 0.840. The molecule has 0 fully saturated rings. The molecule has 124 valence electrons. The lowest BCUT2D eigenvalue weighted by Crippen LogP contribution is -2.34. The highest BCUT2D eigenvalue weighted by Crippen LogP contribution is 2.13. The summed E-state index contributed by atoms with van der Waals surface area (Å²) in [7, 11) is 0. The van der Waals surface area contributed by atoms with Crippen molar-refractivity contribution in [3.05, 3.63) is 51.9 Å². The number of para-hydroxylation sites is 1. The SMILES string of the molecule is O=c1[nH]ncc(NCCNCC(O)COc2ccccc2)c1Cl. The average molecular weight is 339 g/mol. The van der Waals surface area contributed by atoms with Crippen molar-refractivity contribution < 1.29 is 9.84 Å². The third kappa shape index (κ3) is 5.90. The van der Waals surface area contributed by atoms with E-state index in [1.807, 2.05) is 30.3 Å². The number of nitrogens with zero attached hydrogens (tertiary/aromatic N) is 1. The first-order valence-electron chi connectivity index (χ1n) is 7.20. The number of rotatable bonds is 9. The molecule has 0 bridgehead atoms. The second-order valence-corrected chi connectivity index (χ2v) is 5.21. The van der Waals surface area contributed by atoms with Gasteiger partial charge in [0, 0.05) is 19.6 Å². The lowest BCUT2D eigenvalue weighted by atomic mass is 10.3. The Morgan fingerprint density at radius 3 is 2.87 bits per heavy atom. The van der Waals surface area contributed by atoms with Crippen LogP contribution < -0.4 is 20.9 Å². The molecular formula is C15H19ClN4O3. The first-order chi connectivity index (χ1) is 11.2. The van der Waals surface area contributed by atoms with Crippen molar-refractivity contribution in [3.8, 4) is 5.75 Å². The van der Waals surface area contributed by atoms with E-state index in [1.165, 1.54) is 6.20 Å². The summed E-state index contributed by atoms with van der Waals surface area (Å²) in [5.41, 5.74) is 0.0447. The summed E-state index contributed by atoms with van der Waals surface area (Å²) < 4.78 is 5.45. The summed E-state index contributed by atoms with van der Waals surface area (Å²) >= 11 is 5.83. The van der Waals surface area contributed by atoms with E-state index in [9.17, 15) is 9.90 Å². The van der Waals surface area contributed by atoms with Crippen LogP contribution in [0.25, 0.3) is 0 Å². The number of aliphatic hydroxyl groups is 1. The Hall–Kier alpha value is -2.09. The highest BCUT2D eigenvalue weighted by atomic mass is 35.5. The van der Waals surface area contributed by atoms with Crippen LogP contribution in [0.3, 0.4) is 0 Å². The number of hydrogen-bond donors (Lipinski definition) is 4. The molecule has 0 aliphatic heterocycles. The molecule has 0 spiro atoms. The van der Waals surface area contributed by atoms with Crippen molar-refractivity contribution in [2.24, 2.45) is 0 Å². The first kappa shape index (κ1) is 17.3. The fraction of sp³-hybridized carbons (Fsp3) is 0.333. The molecule has 1 unspecified atom stereocenters. The molecule has 1 atom stereocenters. The summed E-state index contributed by atoms with van der Waals surface area (Å²) in [4.78, 5) is 11.3. The number of nitrogens with one attached hydrogen (secondary N) is 3. The van der Waals surface area contributed by atoms with Gasteiger partial charge in [-0.2, -0.15) is 5.10 Å². The van der Waals surface area contributed by atoms with E-state index >= 15 is 0 Å². The number of halogens is 1. The Morgan fingerprint density at radius 1 is 1.30 bits per heavy atom. The Balaban J connectivity index is 1.60. The van der Waals surface area contributed by atoms with Gasteiger partial charge in [0.25, 0.3) is 5.56 Å². The molecule has 1 aromatic carbocycles. The maximum atomic E-state index is 11.3.